The van der Waals surface area contributed by atoms with Crippen LogP contribution in [0, 0.1) is 11.7 Å². The first-order chi connectivity index (χ1) is 10.0. The second kappa shape index (κ2) is 7.36. The van der Waals surface area contributed by atoms with Gasteiger partial charge in [0.1, 0.15) is 5.82 Å². The molecule has 0 saturated carbocycles. The lowest BCUT2D eigenvalue weighted by molar-refractivity contribution is 0.0655. The summed E-state index contributed by atoms with van der Waals surface area (Å²) in [6.45, 7) is 6.59. The van der Waals surface area contributed by atoms with E-state index >= 15 is 0 Å². The Morgan fingerprint density at radius 1 is 1.52 bits per heavy atom. The van der Waals surface area contributed by atoms with Crippen LogP contribution in [0.2, 0.25) is 0 Å². The largest absolute Gasteiger partial charge is 0.336 e. The normalized spacial score (nSPS) is 18.8. The minimum Gasteiger partial charge on any atom is -0.336 e. The van der Waals surface area contributed by atoms with Crippen molar-refractivity contribution in [3.05, 3.63) is 34.1 Å². The van der Waals surface area contributed by atoms with Crippen LogP contribution in [0.4, 0.5) is 4.39 Å². The van der Waals surface area contributed by atoms with Crippen molar-refractivity contribution in [2.45, 2.75) is 32.7 Å². The lowest BCUT2D eigenvalue weighted by Gasteiger charge is -2.33. The molecule has 1 aliphatic rings. The van der Waals surface area contributed by atoms with Crippen LogP contribution in [0.25, 0.3) is 0 Å². The van der Waals surface area contributed by atoms with Gasteiger partial charge in [0.2, 0.25) is 0 Å². The molecule has 0 aromatic heterocycles. The first-order valence-corrected chi connectivity index (χ1v) is 8.25. The Morgan fingerprint density at radius 2 is 2.29 bits per heavy atom. The van der Waals surface area contributed by atoms with Gasteiger partial charge >= 0.3 is 0 Å². The van der Waals surface area contributed by atoms with Gasteiger partial charge in [-0.2, -0.15) is 0 Å². The number of piperidine rings is 1. The van der Waals surface area contributed by atoms with E-state index in [1.54, 1.807) is 17.0 Å². The van der Waals surface area contributed by atoms with E-state index in [4.69, 9.17) is 0 Å². The molecule has 1 aromatic carbocycles. The molecule has 0 radical (unpaired) electrons. The molecule has 0 bridgehead atoms. The number of halogens is 2. The topological polar surface area (TPSA) is 32.3 Å². The summed E-state index contributed by atoms with van der Waals surface area (Å²) in [6.07, 6.45) is 2.25. The van der Waals surface area contributed by atoms with Crippen LogP contribution in [0.3, 0.4) is 0 Å². The van der Waals surface area contributed by atoms with Crippen LogP contribution in [-0.4, -0.2) is 36.5 Å². The molecule has 3 nitrogen and oxygen atoms in total. The first-order valence-electron chi connectivity index (χ1n) is 7.46. The predicted octanol–water partition coefficient (Wildman–Crippen LogP) is 3.44. The zero-order valence-corrected chi connectivity index (χ0v) is 14.1. The second-order valence-corrected chi connectivity index (χ2v) is 6.71. The molecule has 1 saturated heterocycles. The highest BCUT2D eigenvalue weighted by Gasteiger charge is 2.26. The molecule has 5 heteroatoms. The molecule has 116 valence electrons. The van der Waals surface area contributed by atoms with Crippen LogP contribution in [0.1, 0.15) is 37.0 Å². The summed E-state index contributed by atoms with van der Waals surface area (Å²) >= 11 is 3.29. The molecule has 2 rings (SSSR count). The number of hydrogen-bond acceptors (Lipinski definition) is 2. The molecular weight excluding hydrogens is 335 g/mol. The number of benzene rings is 1. The van der Waals surface area contributed by atoms with Gasteiger partial charge in [0, 0.05) is 17.1 Å². The van der Waals surface area contributed by atoms with E-state index in [2.05, 4.69) is 21.2 Å². The fourth-order valence-electron chi connectivity index (χ4n) is 2.73. The Balaban J connectivity index is 2.19. The van der Waals surface area contributed by atoms with E-state index in [1.807, 2.05) is 13.8 Å². The summed E-state index contributed by atoms with van der Waals surface area (Å²) in [7, 11) is 0. The van der Waals surface area contributed by atoms with E-state index in [9.17, 15) is 9.18 Å². The van der Waals surface area contributed by atoms with Gasteiger partial charge < -0.3 is 10.2 Å². The number of amides is 1. The molecular formula is C16H22BrFN2O. The van der Waals surface area contributed by atoms with E-state index in [0.29, 0.717) is 16.9 Å². The maximum absolute atomic E-state index is 14.0. The predicted molar refractivity (Wildman–Crippen MR) is 85.9 cm³/mol. The van der Waals surface area contributed by atoms with Crippen molar-refractivity contribution in [1.82, 2.24) is 10.2 Å². The monoisotopic (exact) mass is 356 g/mol. The van der Waals surface area contributed by atoms with Crippen LogP contribution >= 0.6 is 15.9 Å². The van der Waals surface area contributed by atoms with Crippen molar-refractivity contribution in [3.63, 3.8) is 0 Å². The SMILES string of the molecule is CC(C)N(CC1CCCNC1)C(=O)c1c(F)cccc1Br. The summed E-state index contributed by atoms with van der Waals surface area (Å²) in [4.78, 5) is 14.5. The van der Waals surface area contributed by atoms with Gasteiger partial charge in [-0.1, -0.05) is 6.07 Å². The fraction of sp³-hybridized carbons (Fsp3) is 0.562. The van der Waals surface area contributed by atoms with Crippen molar-refractivity contribution >= 4 is 21.8 Å². The van der Waals surface area contributed by atoms with E-state index < -0.39 is 5.82 Å². The summed E-state index contributed by atoms with van der Waals surface area (Å²) in [5.41, 5.74) is 0.134. The third-order valence-electron chi connectivity index (χ3n) is 3.91. The lowest BCUT2D eigenvalue weighted by Crippen LogP contribution is -2.44. The zero-order chi connectivity index (χ0) is 15.4. The number of hydrogen-bond donors (Lipinski definition) is 1. The van der Waals surface area contributed by atoms with Crippen LogP contribution in [-0.2, 0) is 0 Å². The Labute approximate surface area is 134 Å². The van der Waals surface area contributed by atoms with Crippen molar-refractivity contribution < 1.29 is 9.18 Å². The van der Waals surface area contributed by atoms with Crippen molar-refractivity contribution in [1.29, 1.82) is 0 Å². The lowest BCUT2D eigenvalue weighted by atomic mass is 9.98. The van der Waals surface area contributed by atoms with Crippen LogP contribution in [0.5, 0.6) is 0 Å². The number of carbonyl (C=O) groups is 1. The Bertz CT molecular complexity index is 481. The van der Waals surface area contributed by atoms with Gasteiger partial charge in [0.05, 0.1) is 5.56 Å². The average molecular weight is 357 g/mol. The Hall–Kier alpha value is -0.940. The first kappa shape index (κ1) is 16.4. The number of carbonyl (C=O) groups excluding carboxylic acids is 1. The highest BCUT2D eigenvalue weighted by Crippen LogP contribution is 2.23. The summed E-state index contributed by atoms with van der Waals surface area (Å²) in [5, 5.41) is 3.36. The van der Waals surface area contributed by atoms with Crippen molar-refractivity contribution in [2.24, 2.45) is 5.92 Å². The van der Waals surface area contributed by atoms with Gasteiger partial charge in [0.15, 0.2) is 0 Å². The minimum absolute atomic E-state index is 0.0472. The van der Waals surface area contributed by atoms with E-state index in [-0.39, 0.29) is 17.5 Å². The van der Waals surface area contributed by atoms with Gasteiger partial charge in [-0.05, 0) is 73.8 Å². The zero-order valence-electron chi connectivity index (χ0n) is 12.5. The quantitative estimate of drug-likeness (QED) is 0.895. The summed E-state index contributed by atoms with van der Waals surface area (Å²) in [6, 6.07) is 4.68. The Morgan fingerprint density at radius 3 is 2.86 bits per heavy atom. The second-order valence-electron chi connectivity index (χ2n) is 5.86. The summed E-state index contributed by atoms with van der Waals surface area (Å²) < 4.78 is 14.5. The minimum atomic E-state index is -0.471. The molecule has 1 aromatic rings. The van der Waals surface area contributed by atoms with E-state index in [1.165, 1.54) is 6.07 Å². The van der Waals surface area contributed by atoms with Gasteiger partial charge in [0.25, 0.3) is 5.91 Å². The molecule has 0 spiro atoms. The smallest absolute Gasteiger partial charge is 0.258 e. The standard InChI is InChI=1S/C16H22BrFN2O/c1-11(2)20(10-12-5-4-8-19-9-12)16(21)15-13(17)6-3-7-14(15)18/h3,6-7,11-12,19H,4-5,8-10H2,1-2H3. The molecule has 1 aliphatic heterocycles. The van der Waals surface area contributed by atoms with Crippen LogP contribution < -0.4 is 5.32 Å². The fourth-order valence-corrected chi connectivity index (χ4v) is 3.24. The number of nitrogens with one attached hydrogen (secondary N) is 1. The summed E-state index contributed by atoms with van der Waals surface area (Å²) in [5.74, 6) is -0.266. The van der Waals surface area contributed by atoms with Crippen LogP contribution in [0.15, 0.2) is 22.7 Å². The molecule has 1 unspecified atom stereocenters. The maximum atomic E-state index is 14.0. The number of rotatable bonds is 4. The molecule has 1 heterocycles. The number of nitrogens with zero attached hydrogens (tertiary/aromatic N) is 1. The van der Waals surface area contributed by atoms with Gasteiger partial charge in [-0.25, -0.2) is 4.39 Å². The van der Waals surface area contributed by atoms with E-state index in [0.717, 1.165) is 25.9 Å². The van der Waals surface area contributed by atoms with Crippen molar-refractivity contribution in [2.75, 3.05) is 19.6 Å². The highest BCUT2D eigenvalue weighted by atomic mass is 79.9. The van der Waals surface area contributed by atoms with Gasteiger partial charge in [-0.3, -0.25) is 4.79 Å². The Kier molecular flexibility index (Phi) is 5.76. The van der Waals surface area contributed by atoms with Crippen molar-refractivity contribution in [3.8, 4) is 0 Å². The molecule has 21 heavy (non-hydrogen) atoms. The average Bonchev–Trinajstić information content (AvgIpc) is 2.45. The maximum Gasteiger partial charge on any atom is 0.258 e. The third-order valence-corrected chi connectivity index (χ3v) is 4.58. The van der Waals surface area contributed by atoms with Gasteiger partial charge in [-0.15, -0.1) is 0 Å². The molecule has 1 fully saturated rings. The molecule has 1 N–H and O–H groups in total. The molecule has 1 atom stereocenters. The molecule has 0 aliphatic carbocycles. The third kappa shape index (κ3) is 4.04. The highest BCUT2D eigenvalue weighted by molar-refractivity contribution is 9.10. The molecule has 1 amide bonds.